The molecule has 0 bridgehead atoms. The van der Waals surface area contributed by atoms with E-state index in [1.165, 1.54) is 7.11 Å². The van der Waals surface area contributed by atoms with Gasteiger partial charge in [-0.15, -0.1) is 0 Å². The molecule has 0 aliphatic heterocycles. The van der Waals surface area contributed by atoms with E-state index in [-0.39, 0.29) is 18.7 Å². The van der Waals surface area contributed by atoms with Crippen LogP contribution >= 0.6 is 0 Å². The van der Waals surface area contributed by atoms with E-state index in [0.29, 0.717) is 24.5 Å². The molecule has 0 amide bonds. The number of ether oxygens (including phenoxy) is 1. The third-order valence-electron chi connectivity index (χ3n) is 3.60. The fraction of sp³-hybridized carbons (Fsp3) is 0.333. The maximum Gasteiger partial charge on any atom is 0.416 e. The number of nitrogens with zero attached hydrogens (tertiary/aromatic N) is 2. The largest absolute Gasteiger partial charge is 0.481 e. The number of guanidine groups is 1. The third-order valence-corrected chi connectivity index (χ3v) is 3.60. The van der Waals surface area contributed by atoms with Crippen molar-refractivity contribution in [3.63, 3.8) is 0 Å². The molecule has 146 valence electrons. The van der Waals surface area contributed by atoms with Crippen LogP contribution < -0.4 is 15.4 Å². The lowest BCUT2D eigenvalue weighted by molar-refractivity contribution is -0.138. The highest BCUT2D eigenvalue weighted by Crippen LogP contribution is 2.32. The molecule has 0 fully saturated rings. The van der Waals surface area contributed by atoms with Gasteiger partial charge in [-0.2, -0.15) is 13.2 Å². The molecule has 1 heterocycles. The molecule has 0 atom stereocenters. The Kier molecular flexibility index (Phi) is 6.98. The molecule has 0 unspecified atom stereocenters. The van der Waals surface area contributed by atoms with Gasteiger partial charge in [-0.25, -0.2) is 14.4 Å². The summed E-state index contributed by atoms with van der Waals surface area (Å²) in [4.78, 5) is 8.34. The van der Waals surface area contributed by atoms with E-state index in [1.54, 1.807) is 18.3 Å². The smallest absolute Gasteiger partial charge is 0.416 e. The molecule has 0 saturated heterocycles. The third kappa shape index (κ3) is 6.12. The minimum Gasteiger partial charge on any atom is -0.481 e. The molecule has 0 spiro atoms. The van der Waals surface area contributed by atoms with Gasteiger partial charge in [-0.3, -0.25) is 0 Å². The Hall–Kier alpha value is -2.84. The Morgan fingerprint density at radius 3 is 2.63 bits per heavy atom. The van der Waals surface area contributed by atoms with Crippen LogP contribution in [0.15, 0.2) is 41.5 Å². The van der Waals surface area contributed by atoms with E-state index in [0.717, 1.165) is 17.7 Å². The molecule has 1 aromatic heterocycles. The number of aromatic nitrogens is 1. The molecule has 2 aromatic rings. The van der Waals surface area contributed by atoms with Gasteiger partial charge in [0.15, 0.2) is 5.96 Å². The number of hydrogen-bond acceptors (Lipinski definition) is 3. The molecule has 0 radical (unpaired) electrons. The van der Waals surface area contributed by atoms with E-state index in [9.17, 15) is 17.6 Å². The number of halogens is 4. The van der Waals surface area contributed by atoms with Gasteiger partial charge in [0.1, 0.15) is 5.82 Å². The van der Waals surface area contributed by atoms with Crippen molar-refractivity contribution in [3.05, 3.63) is 59.0 Å². The Labute approximate surface area is 154 Å². The number of methoxy groups -OCH3 is 1. The maximum absolute atomic E-state index is 13.2. The first-order valence-electron chi connectivity index (χ1n) is 8.20. The van der Waals surface area contributed by atoms with E-state index in [4.69, 9.17) is 4.74 Å². The fourth-order valence-corrected chi connectivity index (χ4v) is 2.32. The van der Waals surface area contributed by atoms with Crippen LogP contribution in [0.2, 0.25) is 0 Å². The van der Waals surface area contributed by atoms with Crippen LogP contribution in [0.5, 0.6) is 5.88 Å². The van der Waals surface area contributed by atoms with Gasteiger partial charge in [0.05, 0.1) is 19.2 Å². The van der Waals surface area contributed by atoms with Crippen molar-refractivity contribution in [2.45, 2.75) is 26.2 Å². The Bertz CT molecular complexity index is 793. The molecule has 0 aliphatic carbocycles. The predicted octanol–water partition coefficient (Wildman–Crippen LogP) is 3.50. The minimum absolute atomic E-state index is 0.0694. The summed E-state index contributed by atoms with van der Waals surface area (Å²) in [6.07, 6.45) is -3.06. The zero-order chi connectivity index (χ0) is 19.9. The van der Waals surface area contributed by atoms with Crippen molar-refractivity contribution in [1.29, 1.82) is 0 Å². The van der Waals surface area contributed by atoms with Gasteiger partial charge in [-0.05, 0) is 36.2 Å². The molecule has 27 heavy (non-hydrogen) atoms. The predicted molar refractivity (Wildman–Crippen MR) is 93.8 cm³/mol. The summed E-state index contributed by atoms with van der Waals surface area (Å²) in [6.45, 7) is 2.50. The van der Waals surface area contributed by atoms with Gasteiger partial charge in [-0.1, -0.05) is 6.07 Å². The molecule has 1 aromatic carbocycles. The minimum atomic E-state index is -4.64. The molecule has 0 saturated carbocycles. The summed E-state index contributed by atoms with van der Waals surface area (Å²) in [6, 6.07) is 6.08. The summed E-state index contributed by atoms with van der Waals surface area (Å²) >= 11 is 0. The number of benzene rings is 1. The van der Waals surface area contributed by atoms with Crippen LogP contribution in [0.3, 0.4) is 0 Å². The SMILES string of the molecule is CCNC(=NCc1ccnc(OC)c1)NCc1ccc(F)cc1C(F)(F)F. The van der Waals surface area contributed by atoms with Gasteiger partial charge in [0.25, 0.3) is 0 Å². The number of nitrogens with one attached hydrogen (secondary N) is 2. The first kappa shape index (κ1) is 20.5. The second-order valence-corrected chi connectivity index (χ2v) is 5.55. The van der Waals surface area contributed by atoms with Crippen molar-refractivity contribution in [2.75, 3.05) is 13.7 Å². The summed E-state index contributed by atoms with van der Waals surface area (Å²) in [5, 5.41) is 5.80. The summed E-state index contributed by atoms with van der Waals surface area (Å²) < 4.78 is 57.5. The Morgan fingerprint density at radius 2 is 1.96 bits per heavy atom. The normalized spacial score (nSPS) is 12.0. The van der Waals surface area contributed by atoms with Crippen LogP contribution in [-0.2, 0) is 19.3 Å². The number of rotatable bonds is 6. The quantitative estimate of drug-likeness (QED) is 0.455. The average molecular weight is 384 g/mol. The highest BCUT2D eigenvalue weighted by Gasteiger charge is 2.33. The van der Waals surface area contributed by atoms with E-state index in [2.05, 4.69) is 20.6 Å². The molecule has 0 aliphatic rings. The van der Waals surface area contributed by atoms with Crippen molar-refractivity contribution >= 4 is 5.96 Å². The average Bonchev–Trinajstić information content (AvgIpc) is 2.64. The molecule has 2 N–H and O–H groups in total. The van der Waals surface area contributed by atoms with E-state index < -0.39 is 17.6 Å². The molecular weight excluding hydrogens is 364 g/mol. The highest BCUT2D eigenvalue weighted by molar-refractivity contribution is 5.79. The monoisotopic (exact) mass is 384 g/mol. The summed E-state index contributed by atoms with van der Waals surface area (Å²) in [7, 11) is 1.50. The van der Waals surface area contributed by atoms with Crippen LogP contribution in [0, 0.1) is 5.82 Å². The molecular formula is C18H20F4N4O. The lowest BCUT2D eigenvalue weighted by Crippen LogP contribution is -2.37. The standard InChI is InChI=1S/C18H20F4N4O/c1-3-23-17(25-10-12-6-7-24-16(8-12)27-2)26-11-13-4-5-14(19)9-15(13)18(20,21)22/h4-9H,3,10-11H2,1-2H3,(H2,23,25,26). The van der Waals surface area contributed by atoms with Gasteiger partial charge in [0.2, 0.25) is 5.88 Å². The van der Waals surface area contributed by atoms with Gasteiger partial charge < -0.3 is 15.4 Å². The van der Waals surface area contributed by atoms with Crippen LogP contribution in [0.4, 0.5) is 17.6 Å². The van der Waals surface area contributed by atoms with Gasteiger partial charge in [0, 0.05) is 25.4 Å². The first-order valence-corrected chi connectivity index (χ1v) is 8.20. The van der Waals surface area contributed by atoms with Crippen LogP contribution in [0.1, 0.15) is 23.6 Å². The van der Waals surface area contributed by atoms with Crippen molar-refractivity contribution < 1.29 is 22.3 Å². The maximum atomic E-state index is 13.2. The van der Waals surface area contributed by atoms with E-state index in [1.807, 2.05) is 6.92 Å². The first-order chi connectivity index (χ1) is 12.8. The lowest BCUT2D eigenvalue weighted by Gasteiger charge is -2.16. The van der Waals surface area contributed by atoms with Crippen molar-refractivity contribution in [3.8, 4) is 5.88 Å². The number of alkyl halides is 3. The molecule has 9 heteroatoms. The second-order valence-electron chi connectivity index (χ2n) is 5.55. The zero-order valence-electron chi connectivity index (χ0n) is 14.9. The van der Waals surface area contributed by atoms with Crippen LogP contribution in [0.25, 0.3) is 0 Å². The van der Waals surface area contributed by atoms with Crippen molar-refractivity contribution in [2.24, 2.45) is 4.99 Å². The van der Waals surface area contributed by atoms with Crippen molar-refractivity contribution in [1.82, 2.24) is 15.6 Å². The van der Waals surface area contributed by atoms with Gasteiger partial charge >= 0.3 is 6.18 Å². The van der Waals surface area contributed by atoms with E-state index >= 15 is 0 Å². The molecule has 2 rings (SSSR count). The highest BCUT2D eigenvalue weighted by atomic mass is 19.4. The Balaban J connectivity index is 2.12. The zero-order valence-corrected chi connectivity index (χ0v) is 14.9. The lowest BCUT2D eigenvalue weighted by atomic mass is 10.1. The summed E-state index contributed by atoms with van der Waals surface area (Å²) in [5.74, 6) is -0.147. The number of aliphatic imine (C=N–C) groups is 1. The fourth-order valence-electron chi connectivity index (χ4n) is 2.32. The second kappa shape index (κ2) is 9.20. The summed E-state index contributed by atoms with van der Waals surface area (Å²) in [5.41, 5.74) is -0.249. The number of hydrogen-bond donors (Lipinski definition) is 2. The molecule has 5 nitrogen and oxygen atoms in total. The topological polar surface area (TPSA) is 58.5 Å². The Morgan fingerprint density at radius 1 is 1.19 bits per heavy atom. The van der Waals surface area contributed by atoms with Crippen LogP contribution in [-0.4, -0.2) is 24.6 Å². The number of pyridine rings is 1.